The van der Waals surface area contributed by atoms with Crippen LogP contribution in [0.5, 0.6) is 0 Å². The molecule has 0 spiro atoms. The van der Waals surface area contributed by atoms with Gasteiger partial charge in [-0.15, -0.1) is 0 Å². The van der Waals surface area contributed by atoms with Crippen LogP contribution in [0, 0.1) is 0 Å². The Morgan fingerprint density at radius 3 is 2.78 bits per heavy atom. The predicted octanol–water partition coefficient (Wildman–Crippen LogP) is 0.810. The van der Waals surface area contributed by atoms with E-state index in [9.17, 15) is 23.7 Å². The van der Waals surface area contributed by atoms with E-state index in [1.165, 1.54) is 4.90 Å². The molecule has 3 rings (SSSR count). The number of carbonyl (C=O) groups is 4. The van der Waals surface area contributed by atoms with Crippen molar-refractivity contribution in [3.8, 4) is 0 Å². The Bertz CT molecular complexity index is 796. The van der Waals surface area contributed by atoms with Crippen LogP contribution in [0.25, 0.3) is 0 Å². The fourth-order valence-corrected chi connectivity index (χ4v) is 4.76. The molecule has 2 heterocycles. The van der Waals surface area contributed by atoms with Crippen LogP contribution in [-0.2, 0) is 32.1 Å². The quantitative estimate of drug-likeness (QED) is 0.402. The van der Waals surface area contributed by atoms with Gasteiger partial charge in [-0.3, -0.25) is 24.5 Å². The molecule has 0 radical (unpaired) electrons. The Hall–Kier alpha value is -2.39. The summed E-state index contributed by atoms with van der Waals surface area (Å²) in [6, 6.07) is 4.30. The molecule has 2 aliphatic heterocycles. The zero-order valence-corrected chi connectivity index (χ0v) is 15.4. The first-order valence-corrected chi connectivity index (χ1v) is 10.1. The molecule has 1 fully saturated rings. The molecule has 1 saturated heterocycles. The standard InChI is InChI=1S/C18H20N2O6S/c21-15-8-7-13(17(24)19-15)20-10-12-11(18(20)25)4-3-5-14(12)27(26)9-2-1-6-16(22)23/h3-5,13H,1-2,6-10H2,(H,22,23)(H,19,21,24). The summed E-state index contributed by atoms with van der Waals surface area (Å²) in [5.41, 5.74) is 1.07. The molecule has 9 heteroatoms. The minimum Gasteiger partial charge on any atom is -0.611 e. The number of aliphatic carboxylic acids is 1. The predicted molar refractivity (Wildman–Crippen MR) is 95.2 cm³/mol. The fourth-order valence-electron chi connectivity index (χ4n) is 3.39. The molecule has 1 aromatic carbocycles. The molecule has 2 N–H and O–H groups in total. The lowest BCUT2D eigenvalue weighted by Gasteiger charge is -2.29. The van der Waals surface area contributed by atoms with E-state index in [-0.39, 0.29) is 37.6 Å². The SMILES string of the molecule is O=C(O)CCCC[S+]([O-])c1cccc2c1CN(C1CCC(=O)NC1=O)C2=O. The van der Waals surface area contributed by atoms with Gasteiger partial charge in [0.2, 0.25) is 11.8 Å². The molecule has 144 valence electrons. The van der Waals surface area contributed by atoms with Crippen molar-refractivity contribution < 1.29 is 28.8 Å². The van der Waals surface area contributed by atoms with Gasteiger partial charge in [-0.25, -0.2) is 0 Å². The van der Waals surface area contributed by atoms with Crippen LogP contribution in [0.2, 0.25) is 0 Å². The van der Waals surface area contributed by atoms with Crippen molar-refractivity contribution >= 4 is 34.9 Å². The van der Waals surface area contributed by atoms with Gasteiger partial charge < -0.3 is 14.6 Å². The van der Waals surface area contributed by atoms with Crippen LogP contribution in [0.1, 0.15) is 48.0 Å². The smallest absolute Gasteiger partial charge is 0.303 e. The lowest BCUT2D eigenvalue weighted by Crippen LogP contribution is -2.52. The van der Waals surface area contributed by atoms with Crippen molar-refractivity contribution in [1.29, 1.82) is 0 Å². The van der Waals surface area contributed by atoms with Crippen molar-refractivity contribution in [2.24, 2.45) is 0 Å². The van der Waals surface area contributed by atoms with E-state index >= 15 is 0 Å². The Kier molecular flexibility index (Phi) is 5.81. The molecule has 0 aromatic heterocycles. The number of hydrogen-bond donors (Lipinski definition) is 2. The largest absolute Gasteiger partial charge is 0.611 e. The van der Waals surface area contributed by atoms with Gasteiger partial charge in [0.15, 0.2) is 4.90 Å². The number of carboxylic acid groups (broad SMARTS) is 1. The van der Waals surface area contributed by atoms with Crippen LogP contribution >= 0.6 is 0 Å². The van der Waals surface area contributed by atoms with Crippen molar-refractivity contribution in [3.63, 3.8) is 0 Å². The molecule has 2 atom stereocenters. The fraction of sp³-hybridized carbons (Fsp3) is 0.444. The molecule has 2 aliphatic rings. The van der Waals surface area contributed by atoms with Gasteiger partial charge in [0.1, 0.15) is 11.8 Å². The first-order valence-electron chi connectivity index (χ1n) is 8.75. The van der Waals surface area contributed by atoms with Crippen LogP contribution < -0.4 is 5.32 Å². The van der Waals surface area contributed by atoms with Gasteiger partial charge in [0, 0.05) is 24.0 Å². The van der Waals surface area contributed by atoms with Gasteiger partial charge in [0.05, 0.1) is 6.54 Å². The molecular formula is C18H20N2O6S. The lowest BCUT2D eigenvalue weighted by atomic mass is 10.0. The Morgan fingerprint density at radius 1 is 1.30 bits per heavy atom. The minimum absolute atomic E-state index is 0.0336. The third-order valence-electron chi connectivity index (χ3n) is 4.75. The molecule has 2 unspecified atom stereocenters. The average molecular weight is 392 g/mol. The lowest BCUT2D eigenvalue weighted by molar-refractivity contribution is -0.138. The summed E-state index contributed by atoms with van der Waals surface area (Å²) in [5.74, 6) is -1.69. The molecule has 0 saturated carbocycles. The van der Waals surface area contributed by atoms with Gasteiger partial charge in [0.25, 0.3) is 5.91 Å². The third kappa shape index (κ3) is 4.14. The molecule has 27 heavy (non-hydrogen) atoms. The van der Waals surface area contributed by atoms with E-state index in [2.05, 4.69) is 5.32 Å². The summed E-state index contributed by atoms with van der Waals surface area (Å²) >= 11 is -1.36. The number of benzene rings is 1. The van der Waals surface area contributed by atoms with Crippen LogP contribution in [0.4, 0.5) is 0 Å². The van der Waals surface area contributed by atoms with Gasteiger partial charge in [-0.05, 0) is 42.6 Å². The van der Waals surface area contributed by atoms with Crippen molar-refractivity contribution in [1.82, 2.24) is 10.2 Å². The van der Waals surface area contributed by atoms with Crippen LogP contribution in [-0.4, -0.2) is 50.0 Å². The van der Waals surface area contributed by atoms with Gasteiger partial charge in [-0.2, -0.15) is 0 Å². The molecule has 1 aromatic rings. The monoisotopic (exact) mass is 392 g/mol. The zero-order chi connectivity index (χ0) is 19.6. The van der Waals surface area contributed by atoms with E-state index in [4.69, 9.17) is 5.11 Å². The minimum atomic E-state index is -1.36. The number of carboxylic acids is 1. The van der Waals surface area contributed by atoms with Gasteiger partial charge in [-0.1, -0.05) is 6.07 Å². The second-order valence-electron chi connectivity index (χ2n) is 6.58. The van der Waals surface area contributed by atoms with E-state index in [0.29, 0.717) is 34.6 Å². The van der Waals surface area contributed by atoms with Crippen molar-refractivity contribution in [2.75, 3.05) is 5.75 Å². The first kappa shape index (κ1) is 19.4. The maximum atomic E-state index is 12.7. The molecular weight excluding hydrogens is 372 g/mol. The maximum Gasteiger partial charge on any atom is 0.303 e. The summed E-state index contributed by atoms with van der Waals surface area (Å²) in [6.07, 6.45) is 1.44. The number of rotatable bonds is 7. The number of imide groups is 1. The average Bonchev–Trinajstić information content (AvgIpc) is 2.95. The Labute approximate surface area is 159 Å². The molecule has 0 aliphatic carbocycles. The summed E-state index contributed by atoms with van der Waals surface area (Å²) in [5, 5.41) is 10.9. The highest BCUT2D eigenvalue weighted by Crippen LogP contribution is 2.32. The molecule has 3 amide bonds. The highest BCUT2D eigenvalue weighted by atomic mass is 32.2. The van der Waals surface area contributed by atoms with E-state index in [0.717, 1.165) is 0 Å². The Balaban J connectivity index is 1.72. The Morgan fingerprint density at radius 2 is 2.07 bits per heavy atom. The number of amides is 3. The molecule has 8 nitrogen and oxygen atoms in total. The number of fused-ring (bicyclic) bond motifs is 1. The van der Waals surface area contributed by atoms with Crippen LogP contribution in [0.3, 0.4) is 0 Å². The first-order chi connectivity index (χ1) is 12.9. The number of nitrogens with zero attached hydrogens (tertiary/aromatic N) is 1. The van der Waals surface area contributed by atoms with Crippen molar-refractivity contribution in [2.45, 2.75) is 49.6 Å². The molecule has 0 bridgehead atoms. The highest BCUT2D eigenvalue weighted by Gasteiger charge is 2.41. The van der Waals surface area contributed by atoms with Crippen LogP contribution in [0.15, 0.2) is 23.1 Å². The zero-order valence-electron chi connectivity index (χ0n) is 14.6. The normalized spacial score (nSPS) is 20.4. The maximum absolute atomic E-state index is 12.7. The summed E-state index contributed by atoms with van der Waals surface area (Å²) in [6.45, 7) is 0.178. The van der Waals surface area contributed by atoms with E-state index in [1.807, 2.05) is 0 Å². The van der Waals surface area contributed by atoms with E-state index < -0.39 is 29.1 Å². The van der Waals surface area contributed by atoms with Crippen molar-refractivity contribution in [3.05, 3.63) is 29.3 Å². The third-order valence-corrected chi connectivity index (χ3v) is 6.29. The summed E-state index contributed by atoms with van der Waals surface area (Å²) in [7, 11) is 0. The topological polar surface area (TPSA) is 127 Å². The second-order valence-corrected chi connectivity index (χ2v) is 8.12. The second kappa shape index (κ2) is 8.10. The number of unbranched alkanes of at least 4 members (excludes halogenated alkanes) is 1. The number of nitrogens with one attached hydrogen (secondary N) is 1. The number of piperidine rings is 1. The van der Waals surface area contributed by atoms with Gasteiger partial charge >= 0.3 is 5.97 Å². The number of hydrogen-bond acceptors (Lipinski definition) is 5. The summed E-state index contributed by atoms with van der Waals surface area (Å²) < 4.78 is 12.7. The summed E-state index contributed by atoms with van der Waals surface area (Å²) in [4.78, 5) is 48.7. The highest BCUT2D eigenvalue weighted by molar-refractivity contribution is 7.91. The van der Waals surface area contributed by atoms with E-state index in [1.54, 1.807) is 18.2 Å². The number of carbonyl (C=O) groups excluding carboxylic acids is 3.